The lowest BCUT2D eigenvalue weighted by Gasteiger charge is -2.41. The van der Waals surface area contributed by atoms with E-state index in [1.165, 1.54) is 0 Å². The number of rotatable bonds is 4. The SMILES string of the molecule is CC(CC#N)N(C)C(=O)N1C2CCC1CC(CC(=O)O)C2. The third-order valence-corrected chi connectivity index (χ3v) is 4.86. The van der Waals surface area contributed by atoms with Gasteiger partial charge in [-0.2, -0.15) is 5.26 Å². The molecule has 2 aliphatic rings. The number of urea groups is 1. The zero-order chi connectivity index (χ0) is 15.6. The lowest BCUT2D eigenvalue weighted by Crippen LogP contribution is -2.53. The minimum Gasteiger partial charge on any atom is -0.481 e. The van der Waals surface area contributed by atoms with E-state index in [4.69, 9.17) is 10.4 Å². The molecule has 0 aromatic heterocycles. The molecule has 3 atom stereocenters. The molecule has 2 amide bonds. The summed E-state index contributed by atoms with van der Waals surface area (Å²) in [5.41, 5.74) is 0. The molecule has 0 saturated carbocycles. The Morgan fingerprint density at radius 3 is 2.43 bits per heavy atom. The molecule has 0 radical (unpaired) electrons. The van der Waals surface area contributed by atoms with Gasteiger partial charge in [0.2, 0.25) is 0 Å². The molecule has 6 nitrogen and oxygen atoms in total. The molecule has 1 N–H and O–H groups in total. The molecule has 0 aromatic rings. The Labute approximate surface area is 125 Å². The molecule has 2 aliphatic heterocycles. The molecular weight excluding hydrogens is 270 g/mol. The van der Waals surface area contributed by atoms with Crippen molar-refractivity contribution in [2.75, 3.05) is 7.05 Å². The number of aliphatic carboxylic acids is 1. The molecule has 2 fully saturated rings. The maximum Gasteiger partial charge on any atom is 0.320 e. The third kappa shape index (κ3) is 3.29. The number of fused-ring (bicyclic) bond motifs is 2. The zero-order valence-electron chi connectivity index (χ0n) is 12.7. The van der Waals surface area contributed by atoms with Crippen LogP contribution < -0.4 is 0 Å². The fourth-order valence-corrected chi connectivity index (χ4v) is 3.66. The Balaban J connectivity index is 2.01. The van der Waals surface area contributed by atoms with Gasteiger partial charge in [-0.15, -0.1) is 0 Å². The normalized spacial score (nSPS) is 28.8. The first kappa shape index (κ1) is 15.6. The standard InChI is InChI=1S/C15H23N3O3/c1-10(5-6-16)17(2)15(21)18-12-3-4-13(18)8-11(7-12)9-14(19)20/h10-13H,3-5,7-9H2,1-2H3,(H,19,20). The van der Waals surface area contributed by atoms with E-state index in [1.807, 2.05) is 11.8 Å². The van der Waals surface area contributed by atoms with Crippen molar-refractivity contribution in [1.82, 2.24) is 9.80 Å². The Kier molecular flexibility index (Phi) is 4.71. The number of nitrogens with zero attached hydrogens (tertiary/aromatic N) is 3. The van der Waals surface area contributed by atoms with Crippen molar-refractivity contribution in [1.29, 1.82) is 5.26 Å². The molecule has 6 heteroatoms. The summed E-state index contributed by atoms with van der Waals surface area (Å²) in [5, 5.41) is 17.7. The van der Waals surface area contributed by atoms with Gasteiger partial charge in [-0.05, 0) is 38.5 Å². The molecule has 0 aliphatic carbocycles. The fourth-order valence-electron chi connectivity index (χ4n) is 3.66. The number of carbonyl (C=O) groups is 2. The Morgan fingerprint density at radius 1 is 1.38 bits per heavy atom. The number of amides is 2. The molecule has 2 heterocycles. The van der Waals surface area contributed by atoms with E-state index in [0.717, 1.165) is 25.7 Å². The van der Waals surface area contributed by atoms with Crippen LogP contribution in [-0.4, -0.2) is 52.1 Å². The van der Waals surface area contributed by atoms with Crippen molar-refractivity contribution in [2.24, 2.45) is 5.92 Å². The largest absolute Gasteiger partial charge is 0.481 e. The summed E-state index contributed by atoms with van der Waals surface area (Å²) < 4.78 is 0. The highest BCUT2D eigenvalue weighted by Crippen LogP contribution is 2.40. The van der Waals surface area contributed by atoms with E-state index in [0.29, 0.717) is 6.42 Å². The summed E-state index contributed by atoms with van der Waals surface area (Å²) >= 11 is 0. The van der Waals surface area contributed by atoms with Crippen LogP contribution in [0.3, 0.4) is 0 Å². The van der Waals surface area contributed by atoms with Gasteiger partial charge in [0, 0.05) is 31.6 Å². The van der Waals surface area contributed by atoms with E-state index < -0.39 is 5.97 Å². The zero-order valence-corrected chi connectivity index (χ0v) is 12.7. The van der Waals surface area contributed by atoms with E-state index in [-0.39, 0.29) is 36.5 Å². The van der Waals surface area contributed by atoms with Crippen molar-refractivity contribution in [3.05, 3.63) is 0 Å². The van der Waals surface area contributed by atoms with Gasteiger partial charge in [-0.3, -0.25) is 4.79 Å². The number of piperidine rings is 1. The average molecular weight is 293 g/mol. The number of hydrogen-bond acceptors (Lipinski definition) is 3. The van der Waals surface area contributed by atoms with E-state index >= 15 is 0 Å². The van der Waals surface area contributed by atoms with Crippen LogP contribution in [0.15, 0.2) is 0 Å². The van der Waals surface area contributed by atoms with Crippen molar-refractivity contribution in [3.63, 3.8) is 0 Å². The summed E-state index contributed by atoms with van der Waals surface area (Å²) in [7, 11) is 1.74. The molecule has 2 saturated heterocycles. The van der Waals surface area contributed by atoms with Crippen LogP contribution >= 0.6 is 0 Å². The average Bonchev–Trinajstić information content (AvgIpc) is 2.68. The first-order chi connectivity index (χ1) is 9.93. The van der Waals surface area contributed by atoms with E-state index in [1.54, 1.807) is 11.9 Å². The second kappa shape index (κ2) is 6.33. The number of carboxylic acid groups (broad SMARTS) is 1. The second-order valence-corrected chi connectivity index (χ2v) is 6.33. The van der Waals surface area contributed by atoms with Crippen LogP contribution in [0.5, 0.6) is 0 Å². The summed E-state index contributed by atoms with van der Waals surface area (Å²) in [6.45, 7) is 1.88. The Hall–Kier alpha value is -1.77. The molecular formula is C15H23N3O3. The third-order valence-electron chi connectivity index (χ3n) is 4.86. The van der Waals surface area contributed by atoms with Crippen molar-refractivity contribution < 1.29 is 14.7 Å². The Bertz CT molecular complexity index is 446. The summed E-state index contributed by atoms with van der Waals surface area (Å²) in [5.74, 6) is -0.565. The van der Waals surface area contributed by atoms with E-state index in [2.05, 4.69) is 6.07 Å². The lowest BCUT2D eigenvalue weighted by molar-refractivity contribution is -0.138. The minimum atomic E-state index is -0.751. The van der Waals surface area contributed by atoms with Gasteiger partial charge in [-0.25, -0.2) is 4.79 Å². The second-order valence-electron chi connectivity index (χ2n) is 6.33. The summed E-state index contributed by atoms with van der Waals surface area (Å²) in [6.07, 6.45) is 4.03. The van der Waals surface area contributed by atoms with Crippen LogP contribution in [-0.2, 0) is 4.79 Å². The monoisotopic (exact) mass is 293 g/mol. The minimum absolute atomic E-state index is 0.0148. The van der Waals surface area contributed by atoms with Crippen LogP contribution in [0.25, 0.3) is 0 Å². The number of nitriles is 1. The van der Waals surface area contributed by atoms with Gasteiger partial charge in [-0.1, -0.05) is 0 Å². The number of carboxylic acids is 1. The van der Waals surface area contributed by atoms with E-state index in [9.17, 15) is 9.59 Å². The highest BCUT2D eigenvalue weighted by Gasteiger charge is 2.44. The van der Waals surface area contributed by atoms with Gasteiger partial charge in [0.25, 0.3) is 0 Å². The summed E-state index contributed by atoms with van der Waals surface area (Å²) in [6, 6.07) is 2.31. The molecule has 2 bridgehead atoms. The van der Waals surface area contributed by atoms with Crippen LogP contribution in [0.1, 0.15) is 45.4 Å². The highest BCUT2D eigenvalue weighted by atomic mass is 16.4. The van der Waals surface area contributed by atoms with Gasteiger partial charge in [0.15, 0.2) is 0 Å². The van der Waals surface area contributed by atoms with Crippen LogP contribution in [0.4, 0.5) is 4.79 Å². The maximum absolute atomic E-state index is 12.6. The van der Waals surface area contributed by atoms with Gasteiger partial charge in [0.1, 0.15) is 0 Å². The molecule has 116 valence electrons. The molecule has 0 spiro atoms. The summed E-state index contributed by atoms with van der Waals surface area (Å²) in [4.78, 5) is 27.1. The van der Waals surface area contributed by atoms with Crippen LogP contribution in [0.2, 0.25) is 0 Å². The maximum atomic E-state index is 12.6. The highest BCUT2D eigenvalue weighted by molar-refractivity contribution is 5.76. The lowest BCUT2D eigenvalue weighted by atomic mass is 9.88. The fraction of sp³-hybridized carbons (Fsp3) is 0.800. The Morgan fingerprint density at radius 2 is 1.95 bits per heavy atom. The van der Waals surface area contributed by atoms with Gasteiger partial charge < -0.3 is 14.9 Å². The smallest absolute Gasteiger partial charge is 0.320 e. The topological polar surface area (TPSA) is 84.6 Å². The molecule has 3 unspecified atom stereocenters. The molecule has 2 rings (SSSR count). The molecule has 0 aromatic carbocycles. The molecule has 21 heavy (non-hydrogen) atoms. The van der Waals surface area contributed by atoms with Gasteiger partial charge in [0.05, 0.1) is 12.5 Å². The van der Waals surface area contributed by atoms with Crippen molar-refractivity contribution in [2.45, 2.75) is 63.6 Å². The first-order valence-corrected chi connectivity index (χ1v) is 7.57. The predicted molar refractivity (Wildman–Crippen MR) is 76.5 cm³/mol. The number of hydrogen-bond donors (Lipinski definition) is 1. The first-order valence-electron chi connectivity index (χ1n) is 7.57. The van der Waals surface area contributed by atoms with Crippen LogP contribution in [0, 0.1) is 17.2 Å². The quantitative estimate of drug-likeness (QED) is 0.859. The number of carbonyl (C=O) groups excluding carboxylic acids is 1. The predicted octanol–water partition coefficient (Wildman–Crippen LogP) is 2.06. The van der Waals surface area contributed by atoms with Gasteiger partial charge >= 0.3 is 12.0 Å². The van der Waals surface area contributed by atoms with Crippen molar-refractivity contribution in [3.8, 4) is 6.07 Å². The van der Waals surface area contributed by atoms with Crippen molar-refractivity contribution >= 4 is 12.0 Å².